The molecule has 0 spiro atoms. The largest absolute Gasteiger partial charge is 0.369 e. The zero-order valence-electron chi connectivity index (χ0n) is 11.9. The van der Waals surface area contributed by atoms with Crippen LogP contribution in [0.4, 0.5) is 5.82 Å². The highest BCUT2D eigenvalue weighted by atomic mass is 16.5. The van der Waals surface area contributed by atoms with Gasteiger partial charge in [-0.05, 0) is 32.4 Å². The minimum atomic E-state index is -0.155. The fourth-order valence-corrected chi connectivity index (χ4v) is 2.03. The molecule has 20 heavy (non-hydrogen) atoms. The molecule has 0 aliphatic rings. The Bertz CT molecular complexity index is 587. The predicted molar refractivity (Wildman–Crippen MR) is 75.8 cm³/mol. The third kappa shape index (κ3) is 2.96. The molecule has 0 aliphatic carbocycles. The lowest BCUT2D eigenvalue weighted by molar-refractivity contribution is 0.0963. The van der Waals surface area contributed by atoms with E-state index in [2.05, 4.69) is 20.8 Å². The van der Waals surface area contributed by atoms with Crippen molar-refractivity contribution in [3.63, 3.8) is 0 Å². The number of carbonyl (C=O) groups is 1. The third-order valence-corrected chi connectivity index (χ3v) is 3.13. The second kappa shape index (κ2) is 6.18. The average Bonchev–Trinajstić information content (AvgIpc) is 2.78. The fourth-order valence-electron chi connectivity index (χ4n) is 2.03. The maximum atomic E-state index is 11.7. The number of amides is 1. The summed E-state index contributed by atoms with van der Waals surface area (Å²) in [5, 5.41) is 9.70. The van der Waals surface area contributed by atoms with Crippen LogP contribution in [0, 0.1) is 13.8 Å². The summed E-state index contributed by atoms with van der Waals surface area (Å²) < 4.78 is 5.12. The van der Waals surface area contributed by atoms with Gasteiger partial charge in [0.05, 0.1) is 11.3 Å². The van der Waals surface area contributed by atoms with Gasteiger partial charge in [0.25, 0.3) is 5.91 Å². The first-order valence-corrected chi connectivity index (χ1v) is 6.46. The van der Waals surface area contributed by atoms with Crippen LogP contribution < -0.4 is 10.6 Å². The summed E-state index contributed by atoms with van der Waals surface area (Å²) in [4.78, 5) is 15.9. The molecule has 6 nitrogen and oxygen atoms in total. The normalized spacial score (nSPS) is 10.3. The van der Waals surface area contributed by atoms with Crippen molar-refractivity contribution in [1.82, 2.24) is 15.5 Å². The Balaban J connectivity index is 2.03. The maximum absolute atomic E-state index is 11.7. The van der Waals surface area contributed by atoms with Crippen LogP contribution in [0.1, 0.15) is 27.4 Å². The molecule has 2 N–H and O–H groups in total. The van der Waals surface area contributed by atoms with E-state index in [-0.39, 0.29) is 5.91 Å². The molecule has 2 heterocycles. The average molecular weight is 274 g/mol. The zero-order valence-corrected chi connectivity index (χ0v) is 11.9. The van der Waals surface area contributed by atoms with Crippen LogP contribution in [0.3, 0.4) is 0 Å². The highest BCUT2D eigenvalue weighted by molar-refractivity contribution is 5.98. The minimum Gasteiger partial charge on any atom is -0.369 e. The molecule has 0 aliphatic heterocycles. The van der Waals surface area contributed by atoms with Crippen molar-refractivity contribution in [2.75, 3.05) is 18.9 Å². The highest BCUT2D eigenvalue weighted by Gasteiger charge is 2.12. The Labute approximate surface area is 117 Å². The van der Waals surface area contributed by atoms with Crippen molar-refractivity contribution < 1.29 is 9.32 Å². The summed E-state index contributed by atoms with van der Waals surface area (Å²) in [7, 11) is 1.60. The Morgan fingerprint density at radius 1 is 1.40 bits per heavy atom. The molecule has 0 radical (unpaired) electrons. The van der Waals surface area contributed by atoms with Crippen molar-refractivity contribution in [2.45, 2.75) is 20.3 Å². The molecule has 6 heteroatoms. The number of rotatable bonds is 5. The summed E-state index contributed by atoms with van der Waals surface area (Å²) in [6.45, 7) is 4.47. The standard InChI is InChI=1S/C14H18N4O2/c1-9-11(10(2)20-18-9)6-8-17-13-12(14(19)15-3)5-4-7-16-13/h4-5,7H,6,8H2,1-3H3,(H,15,19)(H,16,17). The number of nitrogens with zero attached hydrogens (tertiary/aromatic N) is 2. The van der Waals surface area contributed by atoms with Gasteiger partial charge < -0.3 is 15.2 Å². The molecule has 0 aromatic carbocycles. The molecule has 0 unspecified atom stereocenters. The smallest absolute Gasteiger partial charge is 0.254 e. The molecular weight excluding hydrogens is 256 g/mol. The van der Waals surface area contributed by atoms with Crippen LogP contribution in [-0.4, -0.2) is 29.6 Å². The van der Waals surface area contributed by atoms with Crippen molar-refractivity contribution in [2.24, 2.45) is 0 Å². The van der Waals surface area contributed by atoms with Crippen LogP contribution in [0.15, 0.2) is 22.9 Å². The molecule has 0 saturated heterocycles. The Morgan fingerprint density at radius 3 is 2.85 bits per heavy atom. The van der Waals surface area contributed by atoms with E-state index in [1.807, 2.05) is 13.8 Å². The van der Waals surface area contributed by atoms with Crippen LogP contribution in [-0.2, 0) is 6.42 Å². The molecular formula is C14H18N4O2. The predicted octanol–water partition coefficient (Wildman–Crippen LogP) is 1.70. The van der Waals surface area contributed by atoms with Crippen molar-refractivity contribution in [1.29, 1.82) is 0 Å². The lowest BCUT2D eigenvalue weighted by atomic mass is 10.1. The Morgan fingerprint density at radius 2 is 2.20 bits per heavy atom. The first kappa shape index (κ1) is 14.0. The van der Waals surface area contributed by atoms with Crippen LogP contribution in [0.25, 0.3) is 0 Å². The molecule has 2 rings (SSSR count). The van der Waals surface area contributed by atoms with Crippen LogP contribution in [0.5, 0.6) is 0 Å². The van der Waals surface area contributed by atoms with Gasteiger partial charge in [-0.25, -0.2) is 4.98 Å². The fraction of sp³-hybridized carbons (Fsp3) is 0.357. The van der Waals surface area contributed by atoms with E-state index in [0.29, 0.717) is 17.9 Å². The quantitative estimate of drug-likeness (QED) is 0.867. The van der Waals surface area contributed by atoms with Gasteiger partial charge >= 0.3 is 0 Å². The number of pyridine rings is 1. The van der Waals surface area contributed by atoms with Gasteiger partial charge in [0.1, 0.15) is 11.6 Å². The summed E-state index contributed by atoms with van der Waals surface area (Å²) in [5.41, 5.74) is 2.53. The second-order valence-electron chi connectivity index (χ2n) is 4.46. The molecule has 0 saturated carbocycles. The number of anilines is 1. The van der Waals surface area contributed by atoms with E-state index >= 15 is 0 Å². The Kier molecular flexibility index (Phi) is 4.34. The number of hydrogen-bond donors (Lipinski definition) is 2. The van der Waals surface area contributed by atoms with Crippen LogP contribution >= 0.6 is 0 Å². The molecule has 0 bridgehead atoms. The molecule has 1 amide bonds. The van der Waals surface area contributed by atoms with Gasteiger partial charge in [-0.15, -0.1) is 0 Å². The van der Waals surface area contributed by atoms with Crippen molar-refractivity contribution in [3.05, 3.63) is 40.9 Å². The monoisotopic (exact) mass is 274 g/mol. The van der Waals surface area contributed by atoms with Gasteiger partial charge in [-0.3, -0.25) is 4.79 Å². The molecule has 0 atom stereocenters. The lowest BCUT2D eigenvalue weighted by Crippen LogP contribution is -2.20. The van der Waals surface area contributed by atoms with Gasteiger partial charge in [-0.1, -0.05) is 5.16 Å². The number of aromatic nitrogens is 2. The van der Waals surface area contributed by atoms with E-state index in [9.17, 15) is 4.79 Å². The molecule has 2 aromatic heterocycles. The third-order valence-electron chi connectivity index (χ3n) is 3.13. The van der Waals surface area contributed by atoms with Crippen LogP contribution in [0.2, 0.25) is 0 Å². The van der Waals surface area contributed by atoms with Gasteiger partial charge in [0.15, 0.2) is 0 Å². The minimum absolute atomic E-state index is 0.155. The molecule has 106 valence electrons. The van der Waals surface area contributed by atoms with Crippen molar-refractivity contribution >= 4 is 11.7 Å². The van der Waals surface area contributed by atoms with Gasteiger partial charge in [0, 0.05) is 25.4 Å². The number of carbonyl (C=O) groups excluding carboxylic acids is 1. The highest BCUT2D eigenvalue weighted by Crippen LogP contribution is 2.14. The van der Waals surface area contributed by atoms with E-state index in [4.69, 9.17) is 4.52 Å². The number of hydrogen-bond acceptors (Lipinski definition) is 5. The number of nitrogens with one attached hydrogen (secondary N) is 2. The summed E-state index contributed by atoms with van der Waals surface area (Å²) in [6.07, 6.45) is 2.43. The SMILES string of the molecule is CNC(=O)c1cccnc1NCCc1c(C)noc1C. The first-order chi connectivity index (χ1) is 9.63. The van der Waals surface area contributed by atoms with Gasteiger partial charge in [0.2, 0.25) is 0 Å². The first-order valence-electron chi connectivity index (χ1n) is 6.46. The summed E-state index contributed by atoms with van der Waals surface area (Å²) >= 11 is 0. The lowest BCUT2D eigenvalue weighted by Gasteiger charge is -2.09. The molecule has 2 aromatic rings. The Hall–Kier alpha value is -2.37. The van der Waals surface area contributed by atoms with E-state index in [1.165, 1.54) is 0 Å². The summed E-state index contributed by atoms with van der Waals surface area (Å²) in [6, 6.07) is 3.48. The topological polar surface area (TPSA) is 80.0 Å². The zero-order chi connectivity index (χ0) is 14.5. The van der Waals surface area contributed by atoms with Gasteiger partial charge in [-0.2, -0.15) is 0 Å². The second-order valence-corrected chi connectivity index (χ2v) is 4.46. The maximum Gasteiger partial charge on any atom is 0.254 e. The van der Waals surface area contributed by atoms with E-state index in [1.54, 1.807) is 25.4 Å². The van der Waals surface area contributed by atoms with E-state index < -0.39 is 0 Å². The van der Waals surface area contributed by atoms with Crippen molar-refractivity contribution in [3.8, 4) is 0 Å². The summed E-state index contributed by atoms with van der Waals surface area (Å²) in [5.74, 6) is 1.26. The molecule has 0 fully saturated rings. The van der Waals surface area contributed by atoms with E-state index in [0.717, 1.165) is 23.4 Å². The number of aryl methyl sites for hydroxylation is 2.